The zero-order chi connectivity index (χ0) is 9.84. The number of nitrogens with two attached hydrogens (primary N) is 1. The van der Waals surface area contributed by atoms with E-state index in [0.29, 0.717) is 12.2 Å². The van der Waals surface area contributed by atoms with Crippen molar-refractivity contribution in [2.75, 3.05) is 12.3 Å². The second kappa shape index (κ2) is 4.04. The third-order valence-corrected chi connectivity index (χ3v) is 1.51. The van der Waals surface area contributed by atoms with Gasteiger partial charge in [-0.1, -0.05) is 0 Å². The van der Waals surface area contributed by atoms with Crippen LogP contribution in [0.15, 0.2) is 0 Å². The fourth-order valence-electron chi connectivity index (χ4n) is 0.821. The van der Waals surface area contributed by atoms with Crippen molar-refractivity contribution < 1.29 is 4.74 Å². The first kappa shape index (κ1) is 9.73. The molecule has 1 aromatic rings. The van der Waals surface area contributed by atoms with Crippen molar-refractivity contribution >= 4 is 23.6 Å². The number of hydrogen-bond acceptors (Lipinski definition) is 5. The minimum atomic E-state index is 0.0200. The summed E-state index contributed by atoms with van der Waals surface area (Å²) in [6, 6.07) is 0. The lowest BCUT2D eigenvalue weighted by Gasteiger charge is -2.06. The Bertz CT molecular complexity index is 329. The van der Waals surface area contributed by atoms with Crippen molar-refractivity contribution in [3.05, 3.63) is 10.8 Å². The van der Waals surface area contributed by atoms with Crippen LogP contribution in [0, 0.1) is 5.41 Å². The predicted molar refractivity (Wildman–Crippen MR) is 50.5 cm³/mol. The molecule has 0 spiro atoms. The molecule has 0 aromatic carbocycles. The number of nitrogens with one attached hydrogen (secondary N) is 1. The van der Waals surface area contributed by atoms with Crippen LogP contribution < -0.4 is 10.5 Å². The summed E-state index contributed by atoms with van der Waals surface area (Å²) < 4.78 is 5.12. The number of aromatic nitrogens is 2. The number of nitrogens with zero attached hydrogens (tertiary/aromatic N) is 2. The molecule has 0 radical (unpaired) electrons. The molecular formula is C7H9ClN4O. The van der Waals surface area contributed by atoms with E-state index < -0.39 is 0 Å². The minimum absolute atomic E-state index is 0.0200. The normalized spacial score (nSPS) is 9.69. The molecule has 1 heterocycles. The maximum Gasteiger partial charge on any atom is 0.228 e. The average Bonchev–Trinajstić information content (AvgIpc) is 2.04. The molecule has 3 N–H and O–H groups in total. The Morgan fingerprint density at radius 1 is 1.62 bits per heavy atom. The molecule has 0 fully saturated rings. The number of rotatable bonds is 3. The van der Waals surface area contributed by atoms with Gasteiger partial charge in [0.2, 0.25) is 11.2 Å². The molecule has 0 amide bonds. The summed E-state index contributed by atoms with van der Waals surface area (Å²) in [4.78, 5) is 7.48. The first-order chi connectivity index (χ1) is 6.19. The van der Waals surface area contributed by atoms with Gasteiger partial charge in [0, 0.05) is 6.21 Å². The van der Waals surface area contributed by atoms with Crippen LogP contribution in [0.2, 0.25) is 5.28 Å². The highest BCUT2D eigenvalue weighted by Crippen LogP contribution is 2.20. The van der Waals surface area contributed by atoms with Gasteiger partial charge in [-0.2, -0.15) is 4.98 Å². The lowest BCUT2D eigenvalue weighted by atomic mass is 10.3. The molecule has 13 heavy (non-hydrogen) atoms. The van der Waals surface area contributed by atoms with Gasteiger partial charge in [-0.3, -0.25) is 0 Å². The quantitative estimate of drug-likeness (QED) is 0.566. The topological polar surface area (TPSA) is 84.9 Å². The fourth-order valence-corrected chi connectivity index (χ4v) is 0.988. The van der Waals surface area contributed by atoms with E-state index in [1.165, 1.54) is 0 Å². The maximum absolute atomic E-state index is 7.07. The Balaban J connectivity index is 3.20. The molecule has 0 aliphatic heterocycles. The molecule has 0 saturated heterocycles. The SMILES string of the molecule is CCOc1nc(Cl)nc(N)c1C=N. The first-order valence-corrected chi connectivity index (χ1v) is 4.03. The summed E-state index contributed by atoms with van der Waals surface area (Å²) in [7, 11) is 0. The fraction of sp³-hybridized carbons (Fsp3) is 0.286. The van der Waals surface area contributed by atoms with E-state index in [2.05, 4.69) is 9.97 Å². The van der Waals surface area contributed by atoms with Crippen LogP contribution in [0.25, 0.3) is 0 Å². The minimum Gasteiger partial charge on any atom is -0.477 e. The van der Waals surface area contributed by atoms with Gasteiger partial charge in [0.15, 0.2) is 0 Å². The highest BCUT2D eigenvalue weighted by atomic mass is 35.5. The summed E-state index contributed by atoms with van der Waals surface area (Å²) in [5.41, 5.74) is 5.85. The summed E-state index contributed by atoms with van der Waals surface area (Å²) in [6.07, 6.45) is 1.04. The molecule has 6 heteroatoms. The average molecular weight is 201 g/mol. The Morgan fingerprint density at radius 2 is 2.31 bits per heavy atom. The summed E-state index contributed by atoms with van der Waals surface area (Å²) >= 11 is 5.56. The molecule has 5 nitrogen and oxygen atoms in total. The summed E-state index contributed by atoms with van der Waals surface area (Å²) in [5, 5.41) is 7.09. The zero-order valence-electron chi connectivity index (χ0n) is 7.04. The Labute approximate surface area is 80.4 Å². The van der Waals surface area contributed by atoms with Crippen molar-refractivity contribution in [1.29, 1.82) is 5.41 Å². The van der Waals surface area contributed by atoms with E-state index in [0.717, 1.165) is 6.21 Å². The molecule has 1 aromatic heterocycles. The molecule has 0 aliphatic carbocycles. The third kappa shape index (κ3) is 2.06. The second-order valence-corrected chi connectivity index (χ2v) is 2.51. The van der Waals surface area contributed by atoms with Crippen LogP contribution in [0.5, 0.6) is 5.88 Å². The van der Waals surface area contributed by atoms with Crippen LogP contribution in [0.1, 0.15) is 12.5 Å². The van der Waals surface area contributed by atoms with Gasteiger partial charge >= 0.3 is 0 Å². The monoisotopic (exact) mass is 200 g/mol. The van der Waals surface area contributed by atoms with Crippen LogP contribution in [0.3, 0.4) is 0 Å². The number of nitrogen functional groups attached to an aromatic ring is 1. The van der Waals surface area contributed by atoms with Crippen molar-refractivity contribution in [1.82, 2.24) is 9.97 Å². The van der Waals surface area contributed by atoms with Gasteiger partial charge in [0.25, 0.3) is 0 Å². The Hall–Kier alpha value is -1.36. The van der Waals surface area contributed by atoms with Crippen LogP contribution in [-0.4, -0.2) is 22.8 Å². The standard InChI is InChI=1S/C7H9ClN4O/c1-2-13-6-4(3-9)5(10)11-7(8)12-6/h3,9H,2H2,1H3,(H2,10,11,12). The predicted octanol–water partition coefficient (Wildman–Crippen LogP) is 1.11. The van der Waals surface area contributed by atoms with E-state index in [1.807, 2.05) is 0 Å². The molecule has 0 aliphatic rings. The van der Waals surface area contributed by atoms with Crippen molar-refractivity contribution in [2.45, 2.75) is 6.92 Å². The Morgan fingerprint density at radius 3 is 2.85 bits per heavy atom. The van der Waals surface area contributed by atoms with Gasteiger partial charge in [0.1, 0.15) is 5.82 Å². The van der Waals surface area contributed by atoms with Gasteiger partial charge in [-0.25, -0.2) is 4.98 Å². The lowest BCUT2D eigenvalue weighted by molar-refractivity contribution is 0.326. The molecular weight excluding hydrogens is 192 g/mol. The van der Waals surface area contributed by atoms with E-state index >= 15 is 0 Å². The third-order valence-electron chi connectivity index (χ3n) is 1.34. The lowest BCUT2D eigenvalue weighted by Crippen LogP contribution is -2.05. The van der Waals surface area contributed by atoms with Gasteiger partial charge in [0.05, 0.1) is 12.2 Å². The van der Waals surface area contributed by atoms with Gasteiger partial charge in [-0.05, 0) is 18.5 Å². The first-order valence-electron chi connectivity index (χ1n) is 3.65. The van der Waals surface area contributed by atoms with Crippen molar-refractivity contribution in [3.63, 3.8) is 0 Å². The number of ether oxygens (including phenoxy) is 1. The summed E-state index contributed by atoms with van der Waals surface area (Å²) in [6.45, 7) is 2.24. The van der Waals surface area contributed by atoms with Crippen LogP contribution >= 0.6 is 11.6 Å². The highest BCUT2D eigenvalue weighted by Gasteiger charge is 2.09. The molecule has 0 unspecified atom stereocenters. The van der Waals surface area contributed by atoms with Gasteiger partial charge in [-0.15, -0.1) is 0 Å². The van der Waals surface area contributed by atoms with E-state index in [4.69, 9.17) is 27.5 Å². The Kier molecular flexibility index (Phi) is 3.02. The van der Waals surface area contributed by atoms with Crippen molar-refractivity contribution in [2.24, 2.45) is 0 Å². The number of hydrogen-bond donors (Lipinski definition) is 2. The molecule has 1 rings (SSSR count). The smallest absolute Gasteiger partial charge is 0.228 e. The van der Waals surface area contributed by atoms with E-state index in [-0.39, 0.29) is 17.0 Å². The maximum atomic E-state index is 7.07. The molecule has 0 bridgehead atoms. The van der Waals surface area contributed by atoms with Gasteiger partial charge < -0.3 is 15.9 Å². The van der Waals surface area contributed by atoms with E-state index in [1.54, 1.807) is 6.92 Å². The molecule has 0 saturated carbocycles. The highest BCUT2D eigenvalue weighted by molar-refractivity contribution is 6.28. The number of halogens is 1. The van der Waals surface area contributed by atoms with E-state index in [9.17, 15) is 0 Å². The van der Waals surface area contributed by atoms with Crippen LogP contribution in [0.4, 0.5) is 5.82 Å². The molecule has 70 valence electrons. The van der Waals surface area contributed by atoms with Crippen molar-refractivity contribution in [3.8, 4) is 5.88 Å². The summed E-state index contributed by atoms with van der Waals surface area (Å²) in [5.74, 6) is 0.397. The molecule has 0 atom stereocenters. The second-order valence-electron chi connectivity index (χ2n) is 2.17. The zero-order valence-corrected chi connectivity index (χ0v) is 7.80. The van der Waals surface area contributed by atoms with Crippen LogP contribution in [-0.2, 0) is 0 Å². The number of anilines is 1. The largest absolute Gasteiger partial charge is 0.477 e.